The second-order valence-electron chi connectivity index (χ2n) is 6.47. The first kappa shape index (κ1) is 26.1. The van der Waals surface area contributed by atoms with Crippen LogP contribution < -0.4 is 11.1 Å². The van der Waals surface area contributed by atoms with Crippen molar-refractivity contribution in [1.29, 1.82) is 0 Å². The molecule has 168 valence electrons. The molecular formula is C22H29N3O5S. The molecule has 1 atom stereocenters. The highest BCUT2D eigenvalue weighted by Gasteiger charge is 2.24. The zero-order valence-corrected chi connectivity index (χ0v) is 18.8. The average Bonchev–Trinajstić information content (AvgIpc) is 2.81. The smallest absolute Gasteiger partial charge is 0.328 e. The summed E-state index contributed by atoms with van der Waals surface area (Å²) in [5.74, 6) is -0.341. The van der Waals surface area contributed by atoms with Crippen molar-refractivity contribution in [2.45, 2.75) is 25.8 Å². The van der Waals surface area contributed by atoms with E-state index in [1.54, 1.807) is 36.0 Å². The molecule has 8 nitrogen and oxygen atoms in total. The number of hydrogen-bond donors (Lipinski definition) is 2. The van der Waals surface area contributed by atoms with Gasteiger partial charge in [-0.3, -0.25) is 14.9 Å². The second kappa shape index (κ2) is 14.2. The molecule has 0 aliphatic rings. The van der Waals surface area contributed by atoms with Crippen LogP contribution in [0.25, 0.3) is 11.1 Å². The van der Waals surface area contributed by atoms with Gasteiger partial charge >= 0.3 is 5.97 Å². The minimum Gasteiger partial charge on any atom is -0.467 e. The van der Waals surface area contributed by atoms with Gasteiger partial charge in [-0.2, -0.15) is 11.8 Å². The molecule has 9 heteroatoms. The van der Waals surface area contributed by atoms with Crippen LogP contribution in [0.2, 0.25) is 0 Å². The van der Waals surface area contributed by atoms with Gasteiger partial charge in [0.2, 0.25) is 0 Å². The van der Waals surface area contributed by atoms with Crippen LogP contribution in [0.15, 0.2) is 48.5 Å². The lowest BCUT2D eigenvalue weighted by Crippen LogP contribution is -2.42. The first-order chi connectivity index (χ1) is 14.9. The molecule has 2 aromatic rings. The van der Waals surface area contributed by atoms with Crippen LogP contribution in [-0.4, -0.2) is 48.5 Å². The molecule has 31 heavy (non-hydrogen) atoms. The molecule has 0 bridgehead atoms. The predicted molar refractivity (Wildman–Crippen MR) is 124 cm³/mol. The summed E-state index contributed by atoms with van der Waals surface area (Å²) in [6, 6.07) is 12.2. The molecule has 0 aliphatic heterocycles. The number of esters is 1. The zero-order chi connectivity index (χ0) is 23.2. The number of carbonyl (C=O) groups excluding carboxylic acids is 2. The maximum atomic E-state index is 12.8. The van der Waals surface area contributed by atoms with Crippen molar-refractivity contribution in [2.75, 3.05) is 25.7 Å². The van der Waals surface area contributed by atoms with Crippen LogP contribution in [0.4, 0.5) is 5.69 Å². The van der Waals surface area contributed by atoms with E-state index in [0.717, 1.165) is 13.0 Å². The van der Waals surface area contributed by atoms with E-state index in [9.17, 15) is 19.7 Å². The Labute approximate surface area is 186 Å². The first-order valence-corrected chi connectivity index (χ1v) is 11.2. The normalized spacial score (nSPS) is 11.0. The SMILES string of the molecule is CCCN.COC(=O)[C@H](CCSC)NC(=O)c1ccc([N+](=O)[O-])cc1-c1ccccc1. The number of hydrogen-bond acceptors (Lipinski definition) is 7. The standard InChI is InChI=1S/C19H20N2O5S.C3H9N/c1-26-19(23)17(10-11-27-2)20-18(22)15-9-8-14(21(24)25)12-16(15)13-6-4-3-5-7-13;1-2-3-4/h3-9,12,17H,10-11H2,1-2H3,(H,20,22);2-4H2,1H3/t17-;/m0./s1. The highest BCUT2D eigenvalue weighted by Crippen LogP contribution is 2.28. The van der Waals surface area contributed by atoms with Crippen molar-refractivity contribution in [3.63, 3.8) is 0 Å². The Morgan fingerprint density at radius 2 is 1.87 bits per heavy atom. The van der Waals surface area contributed by atoms with Gasteiger partial charge in [-0.15, -0.1) is 0 Å². The van der Waals surface area contributed by atoms with Crippen molar-refractivity contribution in [1.82, 2.24) is 5.32 Å². The van der Waals surface area contributed by atoms with Gasteiger partial charge < -0.3 is 15.8 Å². The number of amides is 1. The lowest BCUT2D eigenvalue weighted by Gasteiger charge is -2.17. The Kier molecular flexibility index (Phi) is 11.9. The van der Waals surface area contributed by atoms with Gasteiger partial charge in [0.15, 0.2) is 0 Å². The van der Waals surface area contributed by atoms with Crippen LogP contribution in [0.3, 0.4) is 0 Å². The van der Waals surface area contributed by atoms with E-state index in [2.05, 4.69) is 12.2 Å². The summed E-state index contributed by atoms with van der Waals surface area (Å²) in [4.78, 5) is 35.4. The van der Waals surface area contributed by atoms with E-state index in [1.165, 1.54) is 25.3 Å². The highest BCUT2D eigenvalue weighted by molar-refractivity contribution is 7.98. The number of nitro groups is 1. The fourth-order valence-electron chi connectivity index (χ4n) is 2.56. The number of nitrogens with one attached hydrogen (secondary N) is 1. The van der Waals surface area contributed by atoms with Crippen molar-refractivity contribution >= 4 is 29.3 Å². The molecule has 0 aromatic heterocycles. The fourth-order valence-corrected chi connectivity index (χ4v) is 3.03. The third kappa shape index (κ3) is 8.39. The molecule has 0 fully saturated rings. The van der Waals surface area contributed by atoms with E-state index >= 15 is 0 Å². The summed E-state index contributed by atoms with van der Waals surface area (Å²) in [5.41, 5.74) is 6.27. The summed E-state index contributed by atoms with van der Waals surface area (Å²) in [5, 5.41) is 13.8. The molecule has 2 rings (SSSR count). The third-order valence-corrected chi connectivity index (χ3v) is 4.88. The molecule has 1 amide bonds. The van der Waals surface area contributed by atoms with E-state index in [1.807, 2.05) is 12.3 Å². The first-order valence-electron chi connectivity index (χ1n) is 9.81. The molecule has 0 saturated carbocycles. The molecule has 0 saturated heterocycles. The van der Waals surface area contributed by atoms with Crippen LogP contribution in [0.1, 0.15) is 30.1 Å². The summed E-state index contributed by atoms with van der Waals surface area (Å²) in [7, 11) is 1.27. The van der Waals surface area contributed by atoms with Crippen molar-refractivity contribution in [3.8, 4) is 11.1 Å². The number of carbonyl (C=O) groups is 2. The number of nitro benzene ring substituents is 1. The van der Waals surface area contributed by atoms with Crippen LogP contribution in [-0.2, 0) is 9.53 Å². The number of nitrogens with two attached hydrogens (primary N) is 1. The molecular weight excluding hydrogens is 418 g/mol. The largest absolute Gasteiger partial charge is 0.467 e. The van der Waals surface area contributed by atoms with E-state index in [0.29, 0.717) is 23.3 Å². The van der Waals surface area contributed by atoms with Crippen molar-refractivity contribution in [3.05, 3.63) is 64.2 Å². The van der Waals surface area contributed by atoms with Gasteiger partial charge in [0.1, 0.15) is 6.04 Å². The zero-order valence-electron chi connectivity index (χ0n) is 18.0. The van der Waals surface area contributed by atoms with Crippen molar-refractivity contribution < 1.29 is 19.2 Å². The van der Waals surface area contributed by atoms with E-state index < -0.39 is 22.8 Å². The maximum absolute atomic E-state index is 12.8. The van der Waals surface area contributed by atoms with Gasteiger partial charge in [0, 0.05) is 23.3 Å². The fraction of sp³-hybridized carbons (Fsp3) is 0.364. The van der Waals surface area contributed by atoms with Crippen molar-refractivity contribution in [2.24, 2.45) is 5.73 Å². The van der Waals surface area contributed by atoms with Gasteiger partial charge in [-0.05, 0) is 43.0 Å². The Balaban J connectivity index is 0.00000110. The van der Waals surface area contributed by atoms with Gasteiger partial charge in [-0.25, -0.2) is 4.79 Å². The van der Waals surface area contributed by atoms with Crippen LogP contribution in [0.5, 0.6) is 0 Å². The Hall–Kier alpha value is -2.91. The lowest BCUT2D eigenvalue weighted by atomic mass is 9.98. The van der Waals surface area contributed by atoms with E-state index in [4.69, 9.17) is 10.5 Å². The quantitative estimate of drug-likeness (QED) is 0.341. The number of methoxy groups -OCH3 is 1. The summed E-state index contributed by atoms with van der Waals surface area (Å²) in [6.07, 6.45) is 3.42. The maximum Gasteiger partial charge on any atom is 0.328 e. The Morgan fingerprint density at radius 3 is 2.39 bits per heavy atom. The summed E-state index contributed by atoms with van der Waals surface area (Å²) >= 11 is 1.55. The number of rotatable bonds is 9. The lowest BCUT2D eigenvalue weighted by molar-refractivity contribution is -0.384. The number of benzene rings is 2. The molecule has 0 radical (unpaired) electrons. The summed E-state index contributed by atoms with van der Waals surface area (Å²) < 4.78 is 4.76. The molecule has 3 N–H and O–H groups in total. The average molecular weight is 448 g/mol. The number of ether oxygens (including phenoxy) is 1. The van der Waals surface area contributed by atoms with Crippen LogP contribution >= 0.6 is 11.8 Å². The van der Waals surface area contributed by atoms with E-state index in [-0.39, 0.29) is 11.3 Å². The Bertz CT molecular complexity index is 859. The molecule has 0 unspecified atom stereocenters. The van der Waals surface area contributed by atoms with Crippen LogP contribution in [0, 0.1) is 10.1 Å². The molecule has 0 spiro atoms. The molecule has 0 aliphatic carbocycles. The Morgan fingerprint density at radius 1 is 1.23 bits per heavy atom. The third-order valence-electron chi connectivity index (χ3n) is 4.23. The van der Waals surface area contributed by atoms with Gasteiger partial charge in [0.25, 0.3) is 11.6 Å². The monoisotopic (exact) mass is 447 g/mol. The number of non-ortho nitro benzene ring substituents is 1. The minimum atomic E-state index is -0.784. The molecule has 0 heterocycles. The molecule has 2 aromatic carbocycles. The van der Waals surface area contributed by atoms with Gasteiger partial charge in [-0.1, -0.05) is 37.3 Å². The highest BCUT2D eigenvalue weighted by atomic mass is 32.2. The number of nitrogens with zero attached hydrogens (tertiary/aromatic N) is 1. The topological polar surface area (TPSA) is 125 Å². The number of thioether (sulfide) groups is 1. The summed E-state index contributed by atoms with van der Waals surface area (Å²) in [6.45, 7) is 2.88. The van der Waals surface area contributed by atoms with Gasteiger partial charge in [0.05, 0.1) is 12.0 Å². The second-order valence-corrected chi connectivity index (χ2v) is 7.46. The predicted octanol–water partition coefficient (Wildman–Crippen LogP) is 3.64. The minimum absolute atomic E-state index is 0.114.